The van der Waals surface area contributed by atoms with Crippen molar-refractivity contribution in [2.24, 2.45) is 5.92 Å². The number of hydrogen-bond acceptors (Lipinski definition) is 4. The number of benzene rings is 2. The normalized spacial score (nSPS) is 19.1. The average Bonchev–Trinajstić information content (AvgIpc) is 2.84. The number of Topliss-reactive ketones (excluding diaryl/α,β-unsaturated/α-hetero) is 1. The Labute approximate surface area is 194 Å². The van der Waals surface area contributed by atoms with Crippen LogP contribution in [0.5, 0.6) is 0 Å². The molecule has 0 aromatic heterocycles. The fraction of sp³-hybridized carbons (Fsp3) is 0.500. The lowest BCUT2D eigenvalue weighted by atomic mass is 9.93. The third-order valence-corrected chi connectivity index (χ3v) is 6.93. The first kappa shape index (κ1) is 23.8. The van der Waals surface area contributed by atoms with Gasteiger partial charge in [-0.3, -0.25) is 14.6 Å². The molecule has 2 aliphatic rings. The third kappa shape index (κ3) is 6.58. The third-order valence-electron chi connectivity index (χ3n) is 6.93. The summed E-state index contributed by atoms with van der Waals surface area (Å²) in [5.74, 6) is 0.863. The average molecular weight is 460 g/mol. The van der Waals surface area contributed by atoms with Crippen molar-refractivity contribution in [3.63, 3.8) is 0 Å². The Kier molecular flexibility index (Phi) is 7.71. The second-order valence-corrected chi connectivity index (χ2v) is 9.17. The molecule has 2 saturated heterocycles. The first-order valence-electron chi connectivity index (χ1n) is 11.8. The van der Waals surface area contributed by atoms with Gasteiger partial charge in [-0.15, -0.1) is 0 Å². The zero-order chi connectivity index (χ0) is 23.3. The van der Waals surface area contributed by atoms with Crippen molar-refractivity contribution in [2.75, 3.05) is 57.3 Å². The summed E-state index contributed by atoms with van der Waals surface area (Å²) in [6, 6.07) is 15.1. The van der Waals surface area contributed by atoms with Crippen LogP contribution in [0.1, 0.15) is 35.2 Å². The van der Waals surface area contributed by atoms with Gasteiger partial charge in [0.05, 0.1) is 12.1 Å². The maximum Gasteiger partial charge on any atom is 0.416 e. The molecule has 2 heterocycles. The fourth-order valence-corrected chi connectivity index (χ4v) is 4.83. The summed E-state index contributed by atoms with van der Waals surface area (Å²) in [7, 11) is 0. The Morgan fingerprint density at radius 3 is 2.21 bits per heavy atom. The number of rotatable bonds is 7. The molecule has 178 valence electrons. The monoisotopic (exact) mass is 459 g/mol. The van der Waals surface area contributed by atoms with Crippen LogP contribution < -0.4 is 4.90 Å². The molecule has 0 N–H and O–H groups in total. The van der Waals surface area contributed by atoms with Crippen molar-refractivity contribution < 1.29 is 18.0 Å². The van der Waals surface area contributed by atoms with Crippen LogP contribution in [0.4, 0.5) is 18.9 Å². The number of alkyl halides is 3. The molecule has 7 heteroatoms. The molecule has 0 atom stereocenters. The molecule has 2 fully saturated rings. The van der Waals surface area contributed by atoms with E-state index in [2.05, 4.69) is 9.80 Å². The number of carbonyl (C=O) groups is 1. The van der Waals surface area contributed by atoms with Gasteiger partial charge in [-0.05, 0) is 63.0 Å². The van der Waals surface area contributed by atoms with E-state index in [0.29, 0.717) is 18.2 Å². The highest BCUT2D eigenvalue weighted by atomic mass is 19.4. The summed E-state index contributed by atoms with van der Waals surface area (Å²) in [4.78, 5) is 19.2. The van der Waals surface area contributed by atoms with Crippen LogP contribution in [0, 0.1) is 5.92 Å². The van der Waals surface area contributed by atoms with Crippen LogP contribution in [0.3, 0.4) is 0 Å². The van der Waals surface area contributed by atoms with Gasteiger partial charge in [-0.1, -0.05) is 36.4 Å². The minimum Gasteiger partial charge on any atom is -0.369 e. The lowest BCUT2D eigenvalue weighted by Gasteiger charge is -2.37. The van der Waals surface area contributed by atoms with Crippen LogP contribution in [0.15, 0.2) is 54.6 Å². The highest BCUT2D eigenvalue weighted by Gasteiger charge is 2.31. The van der Waals surface area contributed by atoms with Gasteiger partial charge < -0.3 is 4.90 Å². The summed E-state index contributed by atoms with van der Waals surface area (Å²) >= 11 is 0. The van der Waals surface area contributed by atoms with Crippen molar-refractivity contribution in [1.82, 2.24) is 9.80 Å². The Morgan fingerprint density at radius 2 is 1.55 bits per heavy atom. The molecule has 33 heavy (non-hydrogen) atoms. The van der Waals surface area contributed by atoms with Gasteiger partial charge >= 0.3 is 6.18 Å². The van der Waals surface area contributed by atoms with Gasteiger partial charge in [0.15, 0.2) is 5.78 Å². The van der Waals surface area contributed by atoms with E-state index in [1.54, 1.807) is 6.07 Å². The highest BCUT2D eigenvalue weighted by molar-refractivity contribution is 5.97. The zero-order valence-corrected chi connectivity index (χ0v) is 18.9. The van der Waals surface area contributed by atoms with E-state index >= 15 is 0 Å². The molecule has 0 saturated carbocycles. The smallest absolute Gasteiger partial charge is 0.369 e. The second-order valence-electron chi connectivity index (χ2n) is 9.17. The molecule has 4 nitrogen and oxygen atoms in total. The van der Waals surface area contributed by atoms with Gasteiger partial charge in [0.1, 0.15) is 0 Å². The molecule has 0 spiro atoms. The number of hydrogen-bond donors (Lipinski definition) is 0. The van der Waals surface area contributed by atoms with E-state index in [1.165, 1.54) is 12.1 Å². The number of likely N-dealkylation sites (tertiary alicyclic amines) is 1. The van der Waals surface area contributed by atoms with Crippen molar-refractivity contribution in [3.8, 4) is 0 Å². The highest BCUT2D eigenvalue weighted by Crippen LogP contribution is 2.32. The minimum atomic E-state index is -4.30. The molecule has 2 aromatic carbocycles. The van der Waals surface area contributed by atoms with Crippen LogP contribution in [-0.4, -0.2) is 67.9 Å². The van der Waals surface area contributed by atoms with Gasteiger partial charge in [-0.2, -0.15) is 13.2 Å². The maximum atomic E-state index is 13.0. The number of piperazine rings is 1. The Bertz CT molecular complexity index is 902. The number of ketones is 1. The number of nitrogens with zero attached hydrogens (tertiary/aromatic N) is 3. The van der Waals surface area contributed by atoms with E-state index in [4.69, 9.17) is 0 Å². The van der Waals surface area contributed by atoms with Crippen molar-refractivity contribution in [2.45, 2.75) is 25.4 Å². The predicted molar refractivity (Wildman–Crippen MR) is 125 cm³/mol. The van der Waals surface area contributed by atoms with Crippen LogP contribution in [-0.2, 0) is 6.18 Å². The summed E-state index contributed by atoms with van der Waals surface area (Å²) in [5, 5.41) is 0. The van der Waals surface area contributed by atoms with Crippen LogP contribution in [0.25, 0.3) is 0 Å². The summed E-state index contributed by atoms with van der Waals surface area (Å²) in [5.41, 5.74) is 0.852. The predicted octanol–water partition coefficient (Wildman–Crippen LogP) is 4.81. The molecule has 2 aliphatic heterocycles. The topological polar surface area (TPSA) is 26.8 Å². The van der Waals surface area contributed by atoms with E-state index < -0.39 is 11.7 Å². The van der Waals surface area contributed by atoms with Crippen LogP contribution >= 0.6 is 0 Å². The van der Waals surface area contributed by atoms with E-state index in [9.17, 15) is 18.0 Å². The van der Waals surface area contributed by atoms with Crippen molar-refractivity contribution >= 4 is 11.5 Å². The van der Waals surface area contributed by atoms with E-state index in [0.717, 1.165) is 76.7 Å². The molecular weight excluding hydrogens is 427 g/mol. The Balaban J connectivity index is 1.16. The van der Waals surface area contributed by atoms with Gasteiger partial charge in [0.2, 0.25) is 0 Å². The lowest BCUT2D eigenvalue weighted by molar-refractivity contribution is -0.137. The molecule has 0 amide bonds. The molecule has 0 unspecified atom stereocenters. The molecule has 0 radical (unpaired) electrons. The summed E-state index contributed by atoms with van der Waals surface area (Å²) in [6.07, 6.45) is -0.926. The molecule has 4 rings (SSSR count). The van der Waals surface area contributed by atoms with Crippen LogP contribution in [0.2, 0.25) is 0 Å². The molecule has 0 bridgehead atoms. The number of carbonyl (C=O) groups excluding carboxylic acids is 1. The second kappa shape index (κ2) is 10.7. The van der Waals surface area contributed by atoms with Gasteiger partial charge in [0, 0.05) is 37.4 Å². The van der Waals surface area contributed by atoms with E-state index in [-0.39, 0.29) is 5.78 Å². The van der Waals surface area contributed by atoms with Crippen molar-refractivity contribution in [3.05, 3.63) is 65.7 Å². The fourth-order valence-electron chi connectivity index (χ4n) is 4.83. The molecule has 2 aromatic rings. The SMILES string of the molecule is O=C(CN1CCC(CCN2CCN(c3cccc(C(F)(F)F)c3)CC2)CC1)c1ccccc1. The molecule has 0 aliphatic carbocycles. The Hall–Kier alpha value is -2.38. The summed E-state index contributed by atoms with van der Waals surface area (Å²) in [6.45, 7) is 6.71. The minimum absolute atomic E-state index is 0.188. The maximum absolute atomic E-state index is 13.0. The lowest BCUT2D eigenvalue weighted by Crippen LogP contribution is -2.47. The quantitative estimate of drug-likeness (QED) is 0.555. The van der Waals surface area contributed by atoms with E-state index in [1.807, 2.05) is 35.2 Å². The Morgan fingerprint density at radius 1 is 0.848 bits per heavy atom. The standard InChI is InChI=1S/C26H32F3N3O/c27-26(28,29)23-7-4-8-24(19-23)32-17-15-30(16-18-32)12-9-21-10-13-31(14-11-21)20-25(33)22-5-2-1-3-6-22/h1-8,19,21H,9-18,20H2. The largest absolute Gasteiger partial charge is 0.416 e. The molecular formula is C26H32F3N3O. The number of piperidine rings is 1. The summed E-state index contributed by atoms with van der Waals surface area (Å²) < 4.78 is 39.0. The number of halogens is 3. The first-order valence-corrected chi connectivity index (χ1v) is 11.8. The zero-order valence-electron chi connectivity index (χ0n) is 18.9. The van der Waals surface area contributed by atoms with Gasteiger partial charge in [0.25, 0.3) is 0 Å². The number of anilines is 1. The first-order chi connectivity index (χ1) is 15.9. The van der Waals surface area contributed by atoms with Gasteiger partial charge in [-0.25, -0.2) is 0 Å². The van der Waals surface area contributed by atoms with Crippen molar-refractivity contribution in [1.29, 1.82) is 0 Å².